The van der Waals surface area contributed by atoms with Crippen molar-refractivity contribution in [3.63, 3.8) is 0 Å². The predicted molar refractivity (Wildman–Crippen MR) is 68.4 cm³/mol. The molecule has 0 unspecified atom stereocenters. The van der Waals surface area contributed by atoms with Crippen LogP contribution in [0, 0.1) is 10.1 Å². The normalized spacial score (nSPS) is 10.2. The molecular formula is C11H16N4O3. The molecule has 0 fully saturated rings. The first-order chi connectivity index (χ1) is 8.45. The maximum Gasteiger partial charge on any atom is 0.293 e. The summed E-state index contributed by atoms with van der Waals surface area (Å²) in [6.07, 6.45) is 0. The zero-order valence-corrected chi connectivity index (χ0v) is 10.6. The number of carbonyl (C=O) groups excluding carboxylic acids is 1. The molecule has 0 aliphatic heterocycles. The summed E-state index contributed by atoms with van der Waals surface area (Å²) in [5, 5.41) is 15.3. The minimum absolute atomic E-state index is 0.108. The van der Waals surface area contributed by atoms with Crippen molar-refractivity contribution >= 4 is 17.3 Å². The van der Waals surface area contributed by atoms with E-state index >= 15 is 0 Å². The first-order valence-electron chi connectivity index (χ1n) is 5.46. The summed E-state index contributed by atoms with van der Waals surface area (Å²) in [4.78, 5) is 22.1. The number of nitro benzene ring substituents is 1. The zero-order chi connectivity index (χ0) is 13.7. The number of carbonyl (C=O) groups is 1. The first kappa shape index (κ1) is 13.9. The highest BCUT2D eigenvalue weighted by Gasteiger charge is 2.17. The number of nitro groups is 1. The summed E-state index contributed by atoms with van der Waals surface area (Å²) in [6, 6.07) is 4.34. The van der Waals surface area contributed by atoms with Crippen molar-refractivity contribution in [2.75, 3.05) is 26.0 Å². The standard InChI is InChI=1S/C11H16N4O3/c1-4-12-9-6-5-8(7-10(9)15(17)18)11(16)13-14(2)3/h5-7,12H,4H2,1-3H3,(H,13,16). The van der Waals surface area contributed by atoms with Gasteiger partial charge in [-0.2, -0.15) is 0 Å². The van der Waals surface area contributed by atoms with Crippen LogP contribution in [0.2, 0.25) is 0 Å². The van der Waals surface area contributed by atoms with E-state index in [0.29, 0.717) is 12.2 Å². The van der Waals surface area contributed by atoms with Crippen molar-refractivity contribution in [2.45, 2.75) is 6.92 Å². The molecule has 1 rings (SSSR count). The number of benzene rings is 1. The largest absolute Gasteiger partial charge is 0.380 e. The lowest BCUT2D eigenvalue weighted by Gasteiger charge is -2.12. The Morgan fingerprint density at radius 3 is 2.61 bits per heavy atom. The summed E-state index contributed by atoms with van der Waals surface area (Å²) >= 11 is 0. The second-order valence-corrected chi connectivity index (χ2v) is 3.85. The van der Waals surface area contributed by atoms with Crippen LogP contribution in [0.25, 0.3) is 0 Å². The van der Waals surface area contributed by atoms with Crippen LogP contribution in [0.5, 0.6) is 0 Å². The van der Waals surface area contributed by atoms with Crippen LogP contribution in [0.3, 0.4) is 0 Å². The first-order valence-corrected chi connectivity index (χ1v) is 5.46. The monoisotopic (exact) mass is 252 g/mol. The maximum atomic E-state index is 11.7. The van der Waals surface area contributed by atoms with E-state index in [1.807, 2.05) is 6.92 Å². The van der Waals surface area contributed by atoms with Crippen molar-refractivity contribution in [3.05, 3.63) is 33.9 Å². The highest BCUT2D eigenvalue weighted by molar-refractivity contribution is 5.95. The topological polar surface area (TPSA) is 87.5 Å². The zero-order valence-electron chi connectivity index (χ0n) is 10.6. The highest BCUT2D eigenvalue weighted by Crippen LogP contribution is 2.25. The number of nitrogens with zero attached hydrogens (tertiary/aromatic N) is 2. The fraction of sp³-hybridized carbons (Fsp3) is 0.364. The van der Waals surface area contributed by atoms with Crippen molar-refractivity contribution in [1.29, 1.82) is 0 Å². The number of rotatable bonds is 5. The van der Waals surface area contributed by atoms with Gasteiger partial charge in [0.2, 0.25) is 0 Å². The Hall–Kier alpha value is -2.15. The Morgan fingerprint density at radius 2 is 2.11 bits per heavy atom. The van der Waals surface area contributed by atoms with E-state index in [1.54, 1.807) is 20.2 Å². The van der Waals surface area contributed by atoms with Crippen molar-refractivity contribution in [2.24, 2.45) is 0 Å². The van der Waals surface area contributed by atoms with Gasteiger partial charge in [-0.3, -0.25) is 20.3 Å². The molecule has 1 aromatic carbocycles. The van der Waals surface area contributed by atoms with E-state index in [1.165, 1.54) is 17.1 Å². The number of hydrogen-bond acceptors (Lipinski definition) is 5. The number of anilines is 1. The van der Waals surface area contributed by atoms with E-state index in [9.17, 15) is 14.9 Å². The molecule has 0 aromatic heterocycles. The van der Waals surface area contributed by atoms with Crippen molar-refractivity contribution in [1.82, 2.24) is 10.4 Å². The van der Waals surface area contributed by atoms with E-state index in [2.05, 4.69) is 10.7 Å². The molecule has 1 amide bonds. The number of hydrazine groups is 1. The van der Waals surface area contributed by atoms with Gasteiger partial charge in [0.25, 0.3) is 11.6 Å². The van der Waals surface area contributed by atoms with Gasteiger partial charge in [0.15, 0.2) is 0 Å². The van der Waals surface area contributed by atoms with Gasteiger partial charge < -0.3 is 5.32 Å². The second kappa shape index (κ2) is 5.97. The molecule has 0 aliphatic carbocycles. The molecule has 0 atom stereocenters. The third-order valence-electron chi connectivity index (χ3n) is 2.15. The van der Waals surface area contributed by atoms with Crippen LogP contribution in [0.15, 0.2) is 18.2 Å². The van der Waals surface area contributed by atoms with Gasteiger partial charge in [0.1, 0.15) is 5.69 Å². The van der Waals surface area contributed by atoms with Crippen LogP contribution in [-0.4, -0.2) is 36.5 Å². The molecule has 0 bridgehead atoms. The fourth-order valence-corrected chi connectivity index (χ4v) is 1.43. The van der Waals surface area contributed by atoms with E-state index in [0.717, 1.165) is 0 Å². The van der Waals surface area contributed by atoms with Gasteiger partial charge in [-0.05, 0) is 19.1 Å². The van der Waals surface area contributed by atoms with Crippen LogP contribution >= 0.6 is 0 Å². The SMILES string of the molecule is CCNc1ccc(C(=O)NN(C)C)cc1[N+](=O)[O-]. The van der Waals surface area contributed by atoms with E-state index < -0.39 is 4.92 Å². The Morgan fingerprint density at radius 1 is 1.44 bits per heavy atom. The summed E-state index contributed by atoms with van der Waals surface area (Å²) in [5.74, 6) is -0.383. The Bertz CT molecular complexity index is 460. The third kappa shape index (κ3) is 3.42. The van der Waals surface area contributed by atoms with Gasteiger partial charge in [-0.15, -0.1) is 0 Å². The quantitative estimate of drug-likeness (QED) is 0.608. The fourth-order valence-electron chi connectivity index (χ4n) is 1.43. The predicted octanol–water partition coefficient (Wildman–Crippen LogP) is 1.23. The Balaban J connectivity index is 3.06. The van der Waals surface area contributed by atoms with Crippen LogP contribution in [0.1, 0.15) is 17.3 Å². The number of hydrogen-bond donors (Lipinski definition) is 2. The molecule has 18 heavy (non-hydrogen) atoms. The van der Waals surface area contributed by atoms with E-state index in [-0.39, 0.29) is 17.2 Å². The molecule has 0 heterocycles. The van der Waals surface area contributed by atoms with E-state index in [4.69, 9.17) is 0 Å². The summed E-state index contributed by atoms with van der Waals surface area (Å²) in [7, 11) is 3.33. The molecule has 7 nitrogen and oxygen atoms in total. The third-order valence-corrected chi connectivity index (χ3v) is 2.15. The lowest BCUT2D eigenvalue weighted by molar-refractivity contribution is -0.384. The summed E-state index contributed by atoms with van der Waals surface area (Å²) in [5.41, 5.74) is 3.07. The van der Waals surface area contributed by atoms with Gasteiger partial charge in [0, 0.05) is 32.3 Å². The minimum atomic E-state index is -0.509. The van der Waals surface area contributed by atoms with Gasteiger partial charge >= 0.3 is 0 Å². The average Bonchev–Trinajstić information content (AvgIpc) is 2.28. The van der Waals surface area contributed by atoms with Crippen molar-refractivity contribution in [3.8, 4) is 0 Å². The lowest BCUT2D eigenvalue weighted by atomic mass is 10.1. The highest BCUT2D eigenvalue weighted by atomic mass is 16.6. The molecule has 98 valence electrons. The summed E-state index contributed by atoms with van der Waals surface area (Å²) < 4.78 is 0. The Kier molecular flexibility index (Phi) is 4.61. The number of nitrogens with one attached hydrogen (secondary N) is 2. The molecule has 7 heteroatoms. The molecule has 0 saturated carbocycles. The van der Waals surface area contributed by atoms with Gasteiger partial charge in [-0.1, -0.05) is 0 Å². The molecule has 1 aromatic rings. The molecule has 0 radical (unpaired) electrons. The second-order valence-electron chi connectivity index (χ2n) is 3.85. The molecule has 2 N–H and O–H groups in total. The van der Waals surface area contributed by atoms with Crippen molar-refractivity contribution < 1.29 is 9.72 Å². The molecule has 0 aliphatic rings. The van der Waals surface area contributed by atoms with Crippen LogP contribution in [0.4, 0.5) is 11.4 Å². The maximum absolute atomic E-state index is 11.7. The molecular weight excluding hydrogens is 236 g/mol. The smallest absolute Gasteiger partial charge is 0.293 e. The molecule has 0 saturated heterocycles. The van der Waals surface area contributed by atoms with Crippen LogP contribution in [-0.2, 0) is 0 Å². The lowest BCUT2D eigenvalue weighted by Crippen LogP contribution is -2.36. The minimum Gasteiger partial charge on any atom is -0.380 e. The van der Waals surface area contributed by atoms with Gasteiger partial charge in [-0.25, -0.2) is 5.01 Å². The summed E-state index contributed by atoms with van der Waals surface area (Å²) in [6.45, 7) is 2.42. The molecule has 0 spiro atoms. The number of amides is 1. The Labute approximate surface area is 105 Å². The van der Waals surface area contributed by atoms with Crippen LogP contribution < -0.4 is 10.7 Å². The average molecular weight is 252 g/mol. The van der Waals surface area contributed by atoms with Gasteiger partial charge in [0.05, 0.1) is 4.92 Å².